The number of hydrogen-bond acceptors (Lipinski definition) is 3. The van der Waals surface area contributed by atoms with Crippen LogP contribution in [0, 0.1) is 5.92 Å². The van der Waals surface area contributed by atoms with Crippen molar-refractivity contribution >= 4 is 46.4 Å². The molecule has 0 amide bonds. The normalized spacial score (nSPS) is 11.6. The Morgan fingerprint density at radius 2 is 2.00 bits per heavy atom. The van der Waals surface area contributed by atoms with Crippen molar-refractivity contribution in [3.8, 4) is 5.75 Å². The molecule has 2 N–H and O–H groups in total. The van der Waals surface area contributed by atoms with Crippen molar-refractivity contribution in [1.82, 2.24) is 5.32 Å². The number of ether oxygens (including phenoxy) is 1. The molecule has 0 fully saturated rings. The average Bonchev–Trinajstić information content (AvgIpc) is 2.59. The van der Waals surface area contributed by atoms with E-state index >= 15 is 0 Å². The molecule has 0 bridgehead atoms. The minimum atomic E-state index is 0.482. The van der Waals surface area contributed by atoms with Gasteiger partial charge in [0.05, 0.1) is 7.11 Å². The zero-order valence-electron chi connectivity index (χ0n) is 13.7. The van der Waals surface area contributed by atoms with Crippen LogP contribution in [-0.4, -0.2) is 24.5 Å². The van der Waals surface area contributed by atoms with Gasteiger partial charge in [0.1, 0.15) is 5.75 Å². The monoisotopic (exact) mass is 380 g/mol. The summed E-state index contributed by atoms with van der Waals surface area (Å²) >= 11 is 13.1. The molecule has 2 aromatic rings. The van der Waals surface area contributed by atoms with E-state index in [2.05, 4.69) is 17.6 Å². The minimum Gasteiger partial charge on any atom is -0.497 e. The third kappa shape index (κ3) is 6.59. The second-order valence-corrected chi connectivity index (χ2v) is 7.38. The molecule has 0 aliphatic heterocycles. The second-order valence-electron chi connectivity index (χ2n) is 5.44. The molecular weight excluding hydrogens is 360 g/mol. The molecule has 3 nitrogen and oxygen atoms in total. The number of thiocarbonyl (C=S) groups is 1. The maximum atomic E-state index is 5.90. The third-order valence-corrected chi connectivity index (χ3v) is 5.13. The van der Waals surface area contributed by atoms with E-state index in [0.29, 0.717) is 11.0 Å². The van der Waals surface area contributed by atoms with Crippen LogP contribution in [0.3, 0.4) is 0 Å². The predicted molar refractivity (Wildman–Crippen MR) is 109 cm³/mol. The number of benzene rings is 2. The molecule has 1 atom stereocenters. The van der Waals surface area contributed by atoms with Gasteiger partial charge < -0.3 is 15.4 Å². The first-order chi connectivity index (χ1) is 11.6. The lowest BCUT2D eigenvalue weighted by molar-refractivity contribution is 0.415. The standard InChI is InChI=1S/C18H21ClN2OS2/c1-13(12-24-17-8-6-14(19)7-9-17)11-20-18(23)21-15-4-3-5-16(10-15)22-2/h3-10,13H,11-12H2,1-2H3,(H2,20,21,23)/t13-/m1/s1. The van der Waals surface area contributed by atoms with Crippen LogP contribution in [0.1, 0.15) is 6.92 Å². The summed E-state index contributed by atoms with van der Waals surface area (Å²) in [5.41, 5.74) is 0.912. The van der Waals surface area contributed by atoms with Gasteiger partial charge in [-0.3, -0.25) is 0 Å². The van der Waals surface area contributed by atoms with Gasteiger partial charge in [0.15, 0.2) is 5.11 Å². The lowest BCUT2D eigenvalue weighted by Gasteiger charge is -2.15. The highest BCUT2D eigenvalue weighted by molar-refractivity contribution is 7.99. The molecule has 6 heteroatoms. The summed E-state index contributed by atoms with van der Waals surface area (Å²) in [7, 11) is 1.65. The van der Waals surface area contributed by atoms with Crippen molar-refractivity contribution in [1.29, 1.82) is 0 Å². The summed E-state index contributed by atoms with van der Waals surface area (Å²) in [6.45, 7) is 3.01. The molecule has 0 unspecified atom stereocenters. The lowest BCUT2D eigenvalue weighted by atomic mass is 10.2. The summed E-state index contributed by atoms with van der Waals surface area (Å²) in [4.78, 5) is 1.23. The van der Waals surface area contributed by atoms with Crippen LogP contribution in [0.15, 0.2) is 53.4 Å². The van der Waals surface area contributed by atoms with Crippen molar-refractivity contribution in [2.45, 2.75) is 11.8 Å². The van der Waals surface area contributed by atoms with Crippen LogP contribution >= 0.6 is 35.6 Å². The maximum absolute atomic E-state index is 5.90. The molecule has 128 valence electrons. The van der Waals surface area contributed by atoms with Gasteiger partial charge in [0.2, 0.25) is 0 Å². The van der Waals surface area contributed by atoms with Gasteiger partial charge in [-0.25, -0.2) is 0 Å². The Balaban J connectivity index is 1.71. The predicted octanol–water partition coefficient (Wildman–Crippen LogP) is 5.06. The minimum absolute atomic E-state index is 0.482. The highest BCUT2D eigenvalue weighted by Crippen LogP contribution is 2.22. The smallest absolute Gasteiger partial charge is 0.170 e. The van der Waals surface area contributed by atoms with Gasteiger partial charge >= 0.3 is 0 Å². The average molecular weight is 381 g/mol. The topological polar surface area (TPSA) is 33.3 Å². The van der Waals surface area contributed by atoms with E-state index in [1.54, 1.807) is 7.11 Å². The first kappa shape index (κ1) is 18.9. The zero-order valence-corrected chi connectivity index (χ0v) is 16.1. The van der Waals surface area contributed by atoms with Crippen LogP contribution in [0.25, 0.3) is 0 Å². The third-order valence-electron chi connectivity index (χ3n) is 3.29. The van der Waals surface area contributed by atoms with Gasteiger partial charge in [-0.2, -0.15) is 0 Å². The molecule has 0 spiro atoms. The van der Waals surface area contributed by atoms with Crippen molar-refractivity contribution in [3.63, 3.8) is 0 Å². The molecule has 0 saturated carbocycles. The summed E-state index contributed by atoms with van der Waals surface area (Å²) in [6, 6.07) is 15.6. The molecule has 0 heterocycles. The summed E-state index contributed by atoms with van der Waals surface area (Å²) in [6.07, 6.45) is 0. The van der Waals surface area contributed by atoms with E-state index in [1.165, 1.54) is 4.90 Å². The van der Waals surface area contributed by atoms with Crippen LogP contribution in [0.2, 0.25) is 5.02 Å². The second kappa shape index (κ2) is 9.77. The Morgan fingerprint density at radius 3 is 2.71 bits per heavy atom. The summed E-state index contributed by atoms with van der Waals surface area (Å²) in [5, 5.41) is 7.81. The Kier molecular flexibility index (Phi) is 7.69. The van der Waals surface area contributed by atoms with E-state index < -0.39 is 0 Å². The fourth-order valence-electron chi connectivity index (χ4n) is 1.97. The van der Waals surface area contributed by atoms with Crippen molar-refractivity contribution in [2.24, 2.45) is 5.92 Å². The Labute approximate surface area is 158 Å². The van der Waals surface area contributed by atoms with E-state index in [1.807, 2.05) is 60.3 Å². The molecule has 0 aromatic heterocycles. The number of anilines is 1. The largest absolute Gasteiger partial charge is 0.497 e. The van der Waals surface area contributed by atoms with Gasteiger partial charge in [-0.05, 0) is 54.5 Å². The SMILES string of the molecule is COc1cccc(NC(=S)NC[C@@H](C)CSc2ccc(Cl)cc2)c1. The fraction of sp³-hybridized carbons (Fsp3) is 0.278. The molecule has 0 saturated heterocycles. The number of hydrogen-bond donors (Lipinski definition) is 2. The highest BCUT2D eigenvalue weighted by Gasteiger charge is 2.05. The Hall–Kier alpha value is -1.43. The van der Waals surface area contributed by atoms with Crippen LogP contribution in [0.5, 0.6) is 5.75 Å². The molecule has 0 aliphatic rings. The first-order valence-corrected chi connectivity index (χ1v) is 9.41. The number of nitrogens with one attached hydrogen (secondary N) is 2. The van der Waals surface area contributed by atoms with Gasteiger partial charge in [-0.1, -0.05) is 24.6 Å². The molecular formula is C18H21ClN2OS2. The maximum Gasteiger partial charge on any atom is 0.170 e. The van der Waals surface area contributed by atoms with Crippen molar-refractivity contribution in [2.75, 3.05) is 24.7 Å². The first-order valence-electron chi connectivity index (χ1n) is 7.64. The van der Waals surface area contributed by atoms with E-state index in [-0.39, 0.29) is 0 Å². The van der Waals surface area contributed by atoms with Gasteiger partial charge in [-0.15, -0.1) is 11.8 Å². The number of rotatable bonds is 7. The molecule has 2 rings (SSSR count). The molecule has 2 aromatic carbocycles. The lowest BCUT2D eigenvalue weighted by Crippen LogP contribution is -2.32. The summed E-state index contributed by atoms with van der Waals surface area (Å²) in [5.74, 6) is 2.29. The van der Waals surface area contributed by atoms with E-state index in [0.717, 1.165) is 28.8 Å². The summed E-state index contributed by atoms with van der Waals surface area (Å²) < 4.78 is 5.20. The molecule has 0 radical (unpaired) electrons. The van der Waals surface area contributed by atoms with Crippen molar-refractivity contribution in [3.05, 3.63) is 53.6 Å². The van der Waals surface area contributed by atoms with Crippen LogP contribution < -0.4 is 15.4 Å². The number of thioether (sulfide) groups is 1. The molecule has 0 aliphatic carbocycles. The number of methoxy groups -OCH3 is 1. The van der Waals surface area contributed by atoms with Gasteiger partial charge in [0, 0.05) is 34.0 Å². The van der Waals surface area contributed by atoms with Crippen LogP contribution in [0.4, 0.5) is 5.69 Å². The zero-order chi connectivity index (χ0) is 17.4. The van der Waals surface area contributed by atoms with Gasteiger partial charge in [0.25, 0.3) is 0 Å². The van der Waals surface area contributed by atoms with E-state index in [4.69, 9.17) is 28.6 Å². The Morgan fingerprint density at radius 1 is 1.25 bits per heavy atom. The molecule has 24 heavy (non-hydrogen) atoms. The highest BCUT2D eigenvalue weighted by atomic mass is 35.5. The van der Waals surface area contributed by atoms with E-state index in [9.17, 15) is 0 Å². The van der Waals surface area contributed by atoms with Crippen LogP contribution in [-0.2, 0) is 0 Å². The quantitative estimate of drug-likeness (QED) is 0.518. The van der Waals surface area contributed by atoms with Crippen molar-refractivity contribution < 1.29 is 4.74 Å². The fourth-order valence-corrected chi connectivity index (χ4v) is 3.22. The number of halogens is 1. The Bertz CT molecular complexity index is 664.